The van der Waals surface area contributed by atoms with E-state index < -0.39 is 0 Å². The van der Waals surface area contributed by atoms with Crippen molar-refractivity contribution in [3.63, 3.8) is 0 Å². The van der Waals surface area contributed by atoms with Crippen molar-refractivity contribution in [2.24, 2.45) is 10.1 Å². The van der Waals surface area contributed by atoms with Gasteiger partial charge in [0.15, 0.2) is 5.84 Å². The molecule has 0 bridgehead atoms. The highest BCUT2D eigenvalue weighted by atomic mass is 16.5. The Morgan fingerprint density at radius 2 is 2.00 bits per heavy atom. The van der Waals surface area contributed by atoms with Crippen LogP contribution in [0.2, 0.25) is 0 Å². The highest BCUT2D eigenvalue weighted by Gasteiger charge is 2.21. The van der Waals surface area contributed by atoms with Crippen LogP contribution in [-0.2, 0) is 0 Å². The van der Waals surface area contributed by atoms with Crippen LogP contribution in [0.5, 0.6) is 5.75 Å². The molecule has 1 unspecified atom stereocenters. The zero-order valence-electron chi connectivity index (χ0n) is 21.2. The number of amidine groups is 1. The third kappa shape index (κ3) is 6.07. The SMILES string of the molecule is C=NC(/C=C/c1ccc(-n2cnc(C)c2)c(OC)c1)=N\N1CCCC(c2ccc(C(C)C)cc2)C1. The number of ether oxygens (including phenoxy) is 1. The van der Waals surface area contributed by atoms with Gasteiger partial charge in [0.25, 0.3) is 0 Å². The number of nitrogens with zero attached hydrogens (tertiary/aromatic N) is 5. The summed E-state index contributed by atoms with van der Waals surface area (Å²) in [5, 5.41) is 6.92. The van der Waals surface area contributed by atoms with Crippen molar-refractivity contribution in [3.05, 3.63) is 83.4 Å². The molecule has 1 aliphatic heterocycles. The van der Waals surface area contributed by atoms with Gasteiger partial charge in [-0.05, 0) is 67.3 Å². The fraction of sp³-hybridized carbons (Fsp3) is 0.345. The third-order valence-corrected chi connectivity index (χ3v) is 6.50. The van der Waals surface area contributed by atoms with Gasteiger partial charge in [-0.3, -0.25) is 5.01 Å². The highest BCUT2D eigenvalue weighted by molar-refractivity contribution is 5.99. The number of piperidine rings is 1. The number of benzene rings is 2. The maximum Gasteiger partial charge on any atom is 0.171 e. The average Bonchev–Trinajstić information content (AvgIpc) is 3.32. The van der Waals surface area contributed by atoms with E-state index in [0.717, 1.165) is 42.2 Å². The smallest absolute Gasteiger partial charge is 0.171 e. The molecule has 1 aromatic heterocycles. The minimum Gasteiger partial charge on any atom is -0.495 e. The molecule has 4 rings (SSSR count). The first kappa shape index (κ1) is 24.5. The van der Waals surface area contributed by atoms with Crippen molar-refractivity contribution in [2.45, 2.75) is 45.4 Å². The average molecular weight is 470 g/mol. The largest absolute Gasteiger partial charge is 0.495 e. The van der Waals surface area contributed by atoms with Gasteiger partial charge >= 0.3 is 0 Å². The van der Waals surface area contributed by atoms with Gasteiger partial charge in [-0.25, -0.2) is 9.98 Å². The lowest BCUT2D eigenvalue weighted by Gasteiger charge is -2.31. The number of aromatic nitrogens is 2. The highest BCUT2D eigenvalue weighted by Crippen LogP contribution is 2.29. The molecular weight excluding hydrogens is 434 g/mol. The van der Waals surface area contributed by atoms with Crippen LogP contribution in [0.4, 0.5) is 0 Å². The van der Waals surface area contributed by atoms with E-state index >= 15 is 0 Å². The predicted octanol–water partition coefficient (Wildman–Crippen LogP) is 6.22. The van der Waals surface area contributed by atoms with Crippen molar-refractivity contribution in [1.82, 2.24) is 14.6 Å². The summed E-state index contributed by atoms with van der Waals surface area (Å²) in [6.07, 6.45) is 9.96. The Morgan fingerprint density at radius 1 is 1.20 bits per heavy atom. The predicted molar refractivity (Wildman–Crippen MR) is 145 cm³/mol. The molecule has 0 N–H and O–H groups in total. The molecule has 0 aliphatic carbocycles. The minimum atomic E-state index is 0.479. The normalized spacial score (nSPS) is 16.8. The van der Waals surface area contributed by atoms with Crippen LogP contribution in [0, 0.1) is 6.92 Å². The van der Waals surface area contributed by atoms with Crippen molar-refractivity contribution >= 4 is 18.6 Å². The van der Waals surface area contributed by atoms with E-state index in [1.165, 1.54) is 17.5 Å². The van der Waals surface area contributed by atoms with Gasteiger partial charge in [0, 0.05) is 25.2 Å². The Balaban J connectivity index is 1.46. The Hall–Kier alpha value is -3.67. The first-order valence-corrected chi connectivity index (χ1v) is 12.2. The van der Waals surface area contributed by atoms with E-state index in [-0.39, 0.29) is 0 Å². The molecule has 0 amide bonds. The van der Waals surface area contributed by atoms with Crippen molar-refractivity contribution in [1.29, 1.82) is 0 Å². The van der Waals surface area contributed by atoms with Gasteiger partial charge in [0.2, 0.25) is 0 Å². The van der Waals surface area contributed by atoms with Crippen molar-refractivity contribution < 1.29 is 4.74 Å². The maximum absolute atomic E-state index is 5.62. The van der Waals surface area contributed by atoms with E-state index in [1.807, 2.05) is 48.0 Å². The number of imidazole rings is 1. The quantitative estimate of drug-likeness (QED) is 0.305. The zero-order valence-corrected chi connectivity index (χ0v) is 21.2. The lowest BCUT2D eigenvalue weighted by molar-refractivity contribution is 0.217. The fourth-order valence-corrected chi connectivity index (χ4v) is 4.47. The van der Waals surface area contributed by atoms with Gasteiger partial charge in [-0.2, -0.15) is 5.10 Å². The molecule has 1 fully saturated rings. The second-order valence-corrected chi connectivity index (χ2v) is 9.38. The molecule has 1 atom stereocenters. The summed E-state index contributed by atoms with van der Waals surface area (Å²) in [5.41, 5.74) is 5.68. The Kier molecular flexibility index (Phi) is 7.80. The van der Waals surface area contributed by atoms with Gasteiger partial charge in [-0.1, -0.05) is 50.3 Å². The second-order valence-electron chi connectivity index (χ2n) is 9.38. The lowest BCUT2D eigenvalue weighted by Crippen LogP contribution is -2.31. The molecule has 0 radical (unpaired) electrons. The molecule has 35 heavy (non-hydrogen) atoms. The van der Waals surface area contributed by atoms with E-state index in [1.54, 1.807) is 13.4 Å². The first-order chi connectivity index (χ1) is 17.0. The van der Waals surface area contributed by atoms with Crippen LogP contribution in [0.1, 0.15) is 60.9 Å². The third-order valence-electron chi connectivity index (χ3n) is 6.50. The van der Waals surface area contributed by atoms with Crippen molar-refractivity contribution in [3.8, 4) is 11.4 Å². The monoisotopic (exact) mass is 469 g/mol. The summed E-state index contributed by atoms with van der Waals surface area (Å²) < 4.78 is 7.58. The molecule has 1 aliphatic rings. The van der Waals surface area contributed by atoms with E-state index in [4.69, 9.17) is 9.84 Å². The van der Waals surface area contributed by atoms with E-state index in [2.05, 4.69) is 59.8 Å². The molecule has 2 aromatic carbocycles. The lowest BCUT2D eigenvalue weighted by atomic mass is 9.90. The number of hydrogen-bond acceptors (Lipinski definition) is 4. The van der Waals surface area contributed by atoms with Crippen LogP contribution in [-0.4, -0.2) is 47.3 Å². The topological polar surface area (TPSA) is 55.0 Å². The number of aliphatic imine (C=N–C) groups is 1. The molecular formula is C29H35N5O. The van der Waals surface area contributed by atoms with Crippen LogP contribution < -0.4 is 4.74 Å². The van der Waals surface area contributed by atoms with E-state index in [0.29, 0.717) is 17.7 Å². The van der Waals surface area contributed by atoms with Crippen LogP contribution in [0.15, 0.2) is 71.2 Å². The number of rotatable bonds is 7. The summed E-state index contributed by atoms with van der Waals surface area (Å²) in [7, 11) is 1.68. The number of aryl methyl sites for hydroxylation is 1. The zero-order chi connectivity index (χ0) is 24.8. The molecule has 0 saturated carbocycles. The van der Waals surface area contributed by atoms with Gasteiger partial charge < -0.3 is 9.30 Å². The summed E-state index contributed by atoms with van der Waals surface area (Å²) in [6, 6.07) is 15.1. The molecule has 2 heterocycles. The number of methoxy groups -OCH3 is 1. The standard InChI is InChI=1S/C29H35N5O/c1-21(2)24-10-12-25(13-11-24)26-7-6-16-34(19-26)32-29(30-4)15-9-23-8-14-27(28(17-23)35-5)33-18-22(3)31-20-33/h8-15,17-18,20-21,26H,4,6-7,16,19H2,1-3,5H3/b15-9+,32-29-. The summed E-state index contributed by atoms with van der Waals surface area (Å²) >= 11 is 0. The molecule has 3 aromatic rings. The minimum absolute atomic E-state index is 0.479. The van der Waals surface area contributed by atoms with Gasteiger partial charge in [0.1, 0.15) is 5.75 Å². The first-order valence-electron chi connectivity index (χ1n) is 12.2. The van der Waals surface area contributed by atoms with Crippen LogP contribution >= 0.6 is 0 Å². The summed E-state index contributed by atoms with van der Waals surface area (Å²) in [6.45, 7) is 12.0. The van der Waals surface area contributed by atoms with Crippen LogP contribution in [0.3, 0.4) is 0 Å². The number of hydrazone groups is 1. The Labute approximate surface area is 208 Å². The van der Waals surface area contributed by atoms with Gasteiger partial charge in [-0.15, -0.1) is 0 Å². The van der Waals surface area contributed by atoms with Gasteiger partial charge in [0.05, 0.1) is 24.8 Å². The molecule has 6 nitrogen and oxygen atoms in total. The maximum atomic E-state index is 5.62. The molecule has 182 valence electrons. The second kappa shape index (κ2) is 11.2. The Morgan fingerprint density at radius 3 is 2.66 bits per heavy atom. The fourth-order valence-electron chi connectivity index (χ4n) is 4.47. The van der Waals surface area contributed by atoms with Crippen molar-refractivity contribution in [2.75, 3.05) is 20.2 Å². The Bertz CT molecular complexity index is 1210. The molecule has 1 saturated heterocycles. The molecule has 0 spiro atoms. The molecule has 6 heteroatoms. The number of hydrogen-bond donors (Lipinski definition) is 0. The van der Waals surface area contributed by atoms with Crippen LogP contribution in [0.25, 0.3) is 11.8 Å². The summed E-state index contributed by atoms with van der Waals surface area (Å²) in [4.78, 5) is 8.47. The van der Waals surface area contributed by atoms with E-state index in [9.17, 15) is 0 Å². The summed E-state index contributed by atoms with van der Waals surface area (Å²) in [5.74, 6) is 2.41.